The highest BCUT2D eigenvalue weighted by atomic mass is 32.2. The third-order valence-electron chi connectivity index (χ3n) is 4.09. The van der Waals surface area contributed by atoms with Crippen LogP contribution in [-0.4, -0.2) is 47.9 Å². The van der Waals surface area contributed by atoms with Crippen molar-refractivity contribution in [2.24, 2.45) is 0 Å². The average molecular weight is 383 g/mol. The first-order valence-electron chi connectivity index (χ1n) is 7.30. The maximum Gasteiger partial charge on any atom is 0.266 e. The van der Waals surface area contributed by atoms with Crippen molar-refractivity contribution in [3.63, 3.8) is 0 Å². The monoisotopic (exact) mass is 383 g/mol. The minimum Gasteiger partial charge on any atom is -0.454 e. The van der Waals surface area contributed by atoms with Gasteiger partial charge in [0, 0.05) is 0 Å². The standard InChI is InChI=1S/C15H13NO5S3/c17-14-13(6-9-1-2-11-12(5-9)21-8-20-11)23-15(22)16(14)10-3-4-24(18,19)7-10/h1-2,5-6,10H,3-4,7-8H2. The summed E-state index contributed by atoms with van der Waals surface area (Å²) in [5.74, 6) is 1.17. The normalized spacial score (nSPS) is 26.6. The number of benzene rings is 1. The average Bonchev–Trinajstić information content (AvgIpc) is 3.18. The zero-order valence-corrected chi connectivity index (χ0v) is 14.9. The number of carbonyl (C=O) groups excluding carboxylic acids is 1. The lowest BCUT2D eigenvalue weighted by Gasteiger charge is -2.20. The van der Waals surface area contributed by atoms with Crippen LogP contribution in [0.25, 0.3) is 6.08 Å². The fourth-order valence-electron chi connectivity index (χ4n) is 2.93. The van der Waals surface area contributed by atoms with E-state index in [-0.39, 0.29) is 30.2 Å². The van der Waals surface area contributed by atoms with Crippen molar-refractivity contribution in [1.29, 1.82) is 0 Å². The van der Waals surface area contributed by atoms with Crippen molar-refractivity contribution >= 4 is 50.1 Å². The van der Waals surface area contributed by atoms with E-state index in [1.165, 1.54) is 16.7 Å². The van der Waals surface area contributed by atoms with E-state index in [0.717, 1.165) is 5.56 Å². The first-order valence-corrected chi connectivity index (χ1v) is 10.3. The zero-order chi connectivity index (χ0) is 16.9. The van der Waals surface area contributed by atoms with Crippen LogP contribution in [0.2, 0.25) is 0 Å². The second-order valence-electron chi connectivity index (χ2n) is 5.72. The van der Waals surface area contributed by atoms with Crippen LogP contribution in [0.4, 0.5) is 0 Å². The Bertz CT molecular complexity index is 877. The molecule has 1 aromatic carbocycles. The molecule has 0 spiro atoms. The third kappa shape index (κ3) is 2.80. The van der Waals surface area contributed by atoms with Crippen molar-refractivity contribution in [2.75, 3.05) is 18.3 Å². The summed E-state index contributed by atoms with van der Waals surface area (Å²) in [5, 5.41) is 0. The SMILES string of the molecule is O=C1C(=Cc2ccc3c(c2)OCO3)SC(=S)N1C1CCS(=O)(=O)C1. The molecule has 1 amide bonds. The number of amides is 1. The molecule has 3 aliphatic heterocycles. The first kappa shape index (κ1) is 15.9. The Labute approximate surface area is 148 Å². The number of thiocarbonyl (C=S) groups is 1. The topological polar surface area (TPSA) is 72.9 Å². The van der Waals surface area contributed by atoms with Gasteiger partial charge in [-0.15, -0.1) is 0 Å². The highest BCUT2D eigenvalue weighted by Gasteiger charge is 2.42. The number of fused-ring (bicyclic) bond motifs is 1. The minimum absolute atomic E-state index is 0.0171. The van der Waals surface area contributed by atoms with Crippen LogP contribution in [0.5, 0.6) is 11.5 Å². The van der Waals surface area contributed by atoms with Crippen molar-refractivity contribution in [3.05, 3.63) is 28.7 Å². The highest BCUT2D eigenvalue weighted by molar-refractivity contribution is 8.26. The Morgan fingerprint density at radius 2 is 2.08 bits per heavy atom. The molecule has 3 aliphatic rings. The molecule has 1 unspecified atom stereocenters. The van der Waals surface area contributed by atoms with E-state index < -0.39 is 9.84 Å². The van der Waals surface area contributed by atoms with Gasteiger partial charge in [0.05, 0.1) is 22.5 Å². The molecule has 3 heterocycles. The van der Waals surface area contributed by atoms with Crippen molar-refractivity contribution in [2.45, 2.75) is 12.5 Å². The van der Waals surface area contributed by atoms with E-state index in [2.05, 4.69) is 0 Å². The summed E-state index contributed by atoms with van der Waals surface area (Å²) >= 11 is 6.49. The van der Waals surface area contributed by atoms with Gasteiger partial charge in [-0.25, -0.2) is 8.42 Å². The molecule has 0 aliphatic carbocycles. The number of hydrogen-bond acceptors (Lipinski definition) is 7. The molecule has 0 N–H and O–H groups in total. The lowest BCUT2D eigenvalue weighted by Crippen LogP contribution is -2.39. The number of thioether (sulfide) groups is 1. The van der Waals surface area contributed by atoms with Crippen LogP contribution in [0, 0.1) is 0 Å². The summed E-state index contributed by atoms with van der Waals surface area (Å²) in [5.41, 5.74) is 0.804. The highest BCUT2D eigenvalue weighted by Crippen LogP contribution is 2.38. The molecule has 9 heteroatoms. The Balaban J connectivity index is 1.59. The molecular formula is C15H13NO5S3. The van der Waals surface area contributed by atoms with Crippen LogP contribution < -0.4 is 9.47 Å². The second kappa shape index (κ2) is 5.75. The van der Waals surface area contributed by atoms with E-state index in [1.807, 2.05) is 6.07 Å². The quantitative estimate of drug-likeness (QED) is 0.570. The molecule has 1 atom stereocenters. The third-order valence-corrected chi connectivity index (χ3v) is 7.17. The Morgan fingerprint density at radius 1 is 1.29 bits per heavy atom. The number of ether oxygens (including phenoxy) is 2. The maximum atomic E-state index is 12.7. The van der Waals surface area contributed by atoms with Crippen LogP contribution >= 0.6 is 24.0 Å². The summed E-state index contributed by atoms with van der Waals surface area (Å²) in [6, 6.07) is 5.07. The molecular weight excluding hydrogens is 370 g/mol. The minimum atomic E-state index is -3.08. The predicted octanol–water partition coefficient (Wildman–Crippen LogP) is 1.80. The smallest absolute Gasteiger partial charge is 0.266 e. The fourth-order valence-corrected chi connectivity index (χ4v) is 6.03. The molecule has 2 saturated heterocycles. The molecule has 0 bridgehead atoms. The molecule has 6 nitrogen and oxygen atoms in total. The largest absolute Gasteiger partial charge is 0.454 e. The van der Waals surface area contributed by atoms with E-state index in [0.29, 0.717) is 27.1 Å². The molecule has 4 rings (SSSR count). The molecule has 126 valence electrons. The van der Waals surface area contributed by atoms with Crippen molar-refractivity contribution in [3.8, 4) is 11.5 Å². The van der Waals surface area contributed by atoms with E-state index >= 15 is 0 Å². The summed E-state index contributed by atoms with van der Waals surface area (Å²) in [4.78, 5) is 14.6. The molecule has 0 radical (unpaired) electrons. The van der Waals surface area contributed by atoms with Crippen LogP contribution in [0.1, 0.15) is 12.0 Å². The van der Waals surface area contributed by atoms with Crippen LogP contribution in [-0.2, 0) is 14.6 Å². The Hall–Kier alpha value is -1.58. The molecule has 0 saturated carbocycles. The van der Waals surface area contributed by atoms with Gasteiger partial charge in [-0.3, -0.25) is 9.69 Å². The molecule has 0 aromatic heterocycles. The van der Waals surface area contributed by atoms with Gasteiger partial charge in [-0.2, -0.15) is 0 Å². The van der Waals surface area contributed by atoms with Crippen molar-refractivity contribution in [1.82, 2.24) is 4.90 Å². The Kier molecular flexibility index (Phi) is 3.81. The molecule has 1 aromatic rings. The van der Waals surface area contributed by atoms with Gasteiger partial charge in [0.25, 0.3) is 5.91 Å². The van der Waals surface area contributed by atoms with Gasteiger partial charge >= 0.3 is 0 Å². The number of sulfone groups is 1. The van der Waals surface area contributed by atoms with Gasteiger partial charge in [0.1, 0.15) is 4.32 Å². The number of rotatable bonds is 2. The number of hydrogen-bond donors (Lipinski definition) is 0. The van der Waals surface area contributed by atoms with Gasteiger partial charge in [-0.05, 0) is 30.2 Å². The van der Waals surface area contributed by atoms with Crippen LogP contribution in [0.15, 0.2) is 23.1 Å². The fraction of sp³-hybridized carbons (Fsp3) is 0.333. The van der Waals surface area contributed by atoms with Crippen molar-refractivity contribution < 1.29 is 22.7 Å². The Morgan fingerprint density at radius 3 is 2.83 bits per heavy atom. The van der Waals surface area contributed by atoms with Crippen LogP contribution in [0.3, 0.4) is 0 Å². The summed E-state index contributed by atoms with van der Waals surface area (Å²) in [7, 11) is -3.08. The summed E-state index contributed by atoms with van der Waals surface area (Å²) in [6.45, 7) is 0.192. The lowest BCUT2D eigenvalue weighted by molar-refractivity contribution is -0.123. The summed E-state index contributed by atoms with van der Waals surface area (Å²) in [6.07, 6.45) is 2.18. The van der Waals surface area contributed by atoms with Gasteiger partial charge in [0.15, 0.2) is 21.3 Å². The molecule has 24 heavy (non-hydrogen) atoms. The van der Waals surface area contributed by atoms with Gasteiger partial charge in [0.2, 0.25) is 6.79 Å². The van der Waals surface area contributed by atoms with Gasteiger partial charge in [-0.1, -0.05) is 30.0 Å². The second-order valence-corrected chi connectivity index (χ2v) is 9.63. The number of nitrogens with zero attached hydrogens (tertiary/aromatic N) is 1. The van der Waals surface area contributed by atoms with E-state index in [4.69, 9.17) is 21.7 Å². The number of carbonyl (C=O) groups is 1. The van der Waals surface area contributed by atoms with E-state index in [1.54, 1.807) is 18.2 Å². The maximum absolute atomic E-state index is 12.7. The van der Waals surface area contributed by atoms with Gasteiger partial charge < -0.3 is 9.47 Å². The molecule has 2 fully saturated rings. The predicted molar refractivity (Wildman–Crippen MR) is 94.6 cm³/mol. The summed E-state index contributed by atoms with van der Waals surface area (Å²) < 4.78 is 34.3. The lowest BCUT2D eigenvalue weighted by atomic mass is 10.1. The zero-order valence-electron chi connectivity index (χ0n) is 12.4. The van der Waals surface area contributed by atoms with E-state index in [9.17, 15) is 13.2 Å². The first-order chi connectivity index (χ1) is 11.4.